The van der Waals surface area contributed by atoms with E-state index in [2.05, 4.69) is 79.9 Å². The third kappa shape index (κ3) is 61.8. The molecule has 0 aliphatic heterocycles. The Bertz CT molecular complexity index is 1450. The standard InChI is InChI=1S/C69H131N2O6P/c1-6-8-10-12-14-16-18-20-22-24-26-28-30-32-33-34-35-36-37-39-41-43-45-47-49-51-53-55-57-59-61-63-69(73)70-67(66-77-78(74,75)76-65-64-71(3,4)5)68(72)62-60-58-56-54-52-50-48-46-44-42-40-38-31-29-27-25-23-21-19-17-15-13-11-9-7-2/h8,10,14,16,20,22,26,28,32-33,67-68,72H,6-7,9,11-13,15,17-19,21,23-25,27,29-31,34-66H2,1-5H3,(H-,70,73,74,75)/p+1/b10-8-,16-14-,22-20-,28-26-,33-32-. The third-order valence-corrected chi connectivity index (χ3v) is 16.3. The number of nitrogens with one attached hydrogen (secondary N) is 1. The summed E-state index contributed by atoms with van der Waals surface area (Å²) in [7, 11) is 1.62. The Balaban J connectivity index is 4.05. The van der Waals surface area contributed by atoms with Gasteiger partial charge in [0.15, 0.2) is 0 Å². The van der Waals surface area contributed by atoms with Crippen LogP contribution in [0.4, 0.5) is 0 Å². The van der Waals surface area contributed by atoms with Crippen LogP contribution in [-0.4, -0.2) is 73.4 Å². The summed E-state index contributed by atoms with van der Waals surface area (Å²) in [4.78, 5) is 23.4. The fraction of sp³-hybridized carbons (Fsp3) is 0.841. The van der Waals surface area contributed by atoms with Crippen LogP contribution in [0.3, 0.4) is 0 Å². The van der Waals surface area contributed by atoms with Gasteiger partial charge in [-0.25, -0.2) is 4.57 Å². The van der Waals surface area contributed by atoms with Crippen LogP contribution in [0.1, 0.15) is 322 Å². The first-order valence-corrected chi connectivity index (χ1v) is 35.1. The quantitative estimate of drug-likeness (QED) is 0.0243. The van der Waals surface area contributed by atoms with Gasteiger partial charge < -0.3 is 19.8 Å². The minimum Gasteiger partial charge on any atom is -0.391 e. The molecule has 1 amide bonds. The molecule has 0 aliphatic carbocycles. The number of phosphoric ester groups is 1. The first kappa shape index (κ1) is 76.2. The minimum absolute atomic E-state index is 0.0745. The molecule has 458 valence electrons. The van der Waals surface area contributed by atoms with Gasteiger partial charge >= 0.3 is 7.82 Å². The summed E-state index contributed by atoms with van der Waals surface area (Å²) in [6.45, 7) is 4.82. The summed E-state index contributed by atoms with van der Waals surface area (Å²) >= 11 is 0. The first-order valence-electron chi connectivity index (χ1n) is 33.7. The van der Waals surface area contributed by atoms with Crippen LogP contribution in [0.2, 0.25) is 0 Å². The number of aliphatic hydroxyl groups excluding tert-OH is 1. The summed E-state index contributed by atoms with van der Waals surface area (Å²) in [6, 6.07) is -0.764. The molecule has 3 atom stereocenters. The fourth-order valence-electron chi connectivity index (χ4n) is 10.1. The van der Waals surface area contributed by atoms with Gasteiger partial charge in [-0.15, -0.1) is 0 Å². The lowest BCUT2D eigenvalue weighted by atomic mass is 10.0. The Morgan fingerprint density at radius 3 is 1.13 bits per heavy atom. The number of quaternary nitrogens is 1. The summed E-state index contributed by atoms with van der Waals surface area (Å²) in [6.07, 6.45) is 81.6. The average molecular weight is 1120 g/mol. The van der Waals surface area contributed by atoms with Gasteiger partial charge in [-0.3, -0.25) is 13.8 Å². The van der Waals surface area contributed by atoms with Gasteiger partial charge in [-0.1, -0.05) is 319 Å². The van der Waals surface area contributed by atoms with E-state index in [1.54, 1.807) is 0 Å². The summed E-state index contributed by atoms with van der Waals surface area (Å²) < 4.78 is 23.9. The monoisotopic (exact) mass is 1120 g/mol. The van der Waals surface area contributed by atoms with Crippen LogP contribution >= 0.6 is 7.82 Å². The van der Waals surface area contributed by atoms with E-state index in [9.17, 15) is 19.4 Å². The van der Waals surface area contributed by atoms with Gasteiger partial charge in [0.25, 0.3) is 0 Å². The second-order valence-corrected chi connectivity index (χ2v) is 25.6. The van der Waals surface area contributed by atoms with E-state index in [4.69, 9.17) is 9.05 Å². The highest BCUT2D eigenvalue weighted by Gasteiger charge is 2.28. The minimum atomic E-state index is -4.33. The molecule has 0 aromatic carbocycles. The number of hydrogen-bond acceptors (Lipinski definition) is 5. The van der Waals surface area contributed by atoms with Crippen molar-refractivity contribution in [3.8, 4) is 0 Å². The van der Waals surface area contributed by atoms with E-state index in [-0.39, 0.29) is 19.1 Å². The average Bonchev–Trinajstić information content (AvgIpc) is 3.41. The van der Waals surface area contributed by atoms with E-state index >= 15 is 0 Å². The maximum Gasteiger partial charge on any atom is 0.472 e. The van der Waals surface area contributed by atoms with Crippen LogP contribution in [0.5, 0.6) is 0 Å². The van der Waals surface area contributed by atoms with Crippen LogP contribution in [0.25, 0.3) is 0 Å². The molecule has 0 aliphatic rings. The van der Waals surface area contributed by atoms with Gasteiger partial charge in [0.05, 0.1) is 39.9 Å². The Labute approximate surface area is 485 Å². The summed E-state index contributed by atoms with van der Waals surface area (Å²) in [5, 5.41) is 14.1. The molecule has 0 radical (unpaired) electrons. The Kier molecular flexibility index (Phi) is 58.4. The second kappa shape index (κ2) is 59.8. The van der Waals surface area contributed by atoms with Gasteiger partial charge in [0.1, 0.15) is 13.2 Å². The van der Waals surface area contributed by atoms with Crippen molar-refractivity contribution >= 4 is 13.7 Å². The molecule has 0 saturated heterocycles. The molecule has 0 fully saturated rings. The SMILES string of the molecule is CC/C=C\C/C=C\C/C=C\C/C=C\C/C=C\CCCCCCCCCCCCCCCCCC(=O)NC(COP(=O)(O)OCC[N+](C)(C)C)C(O)CCCCCCCCCCCCCCCCCCCCCCCCCCC. The van der Waals surface area contributed by atoms with Crippen molar-refractivity contribution in [2.24, 2.45) is 0 Å². The molecule has 78 heavy (non-hydrogen) atoms. The number of amides is 1. The van der Waals surface area contributed by atoms with Crippen molar-refractivity contribution in [1.82, 2.24) is 5.32 Å². The van der Waals surface area contributed by atoms with Crippen LogP contribution in [0, 0.1) is 0 Å². The molecule has 0 saturated carbocycles. The molecular formula is C69H132N2O6P+. The van der Waals surface area contributed by atoms with Crippen molar-refractivity contribution in [3.05, 3.63) is 60.8 Å². The molecule has 0 aromatic rings. The number of hydrogen-bond donors (Lipinski definition) is 3. The Hall–Kier alpha value is -1.80. The summed E-state index contributed by atoms with van der Waals surface area (Å²) in [5.41, 5.74) is 0. The smallest absolute Gasteiger partial charge is 0.391 e. The number of unbranched alkanes of at least 4 members (excludes halogenated alkanes) is 39. The van der Waals surface area contributed by atoms with E-state index < -0.39 is 20.0 Å². The highest BCUT2D eigenvalue weighted by molar-refractivity contribution is 7.47. The van der Waals surface area contributed by atoms with E-state index in [1.807, 2.05) is 21.1 Å². The van der Waals surface area contributed by atoms with E-state index in [0.29, 0.717) is 23.9 Å². The molecule has 0 rings (SSSR count). The predicted molar refractivity (Wildman–Crippen MR) is 341 cm³/mol. The number of aliphatic hydroxyl groups is 1. The maximum absolute atomic E-state index is 13.1. The van der Waals surface area contributed by atoms with E-state index in [0.717, 1.165) is 70.6 Å². The fourth-order valence-corrected chi connectivity index (χ4v) is 10.8. The van der Waals surface area contributed by atoms with Crippen LogP contribution < -0.4 is 5.32 Å². The zero-order valence-corrected chi connectivity index (χ0v) is 53.3. The topological polar surface area (TPSA) is 105 Å². The normalized spacial score (nSPS) is 14.1. The van der Waals surface area contributed by atoms with Crippen LogP contribution in [-0.2, 0) is 18.4 Å². The molecular weight excluding hydrogens is 984 g/mol. The molecule has 0 bridgehead atoms. The number of carbonyl (C=O) groups excluding carboxylic acids is 1. The number of nitrogens with zero attached hydrogens (tertiary/aromatic N) is 1. The second-order valence-electron chi connectivity index (χ2n) is 24.2. The molecule has 3 N–H and O–H groups in total. The number of likely N-dealkylation sites (N-methyl/N-ethyl adjacent to an activating group) is 1. The highest BCUT2D eigenvalue weighted by atomic mass is 31.2. The van der Waals surface area contributed by atoms with Crippen molar-refractivity contribution in [2.75, 3.05) is 40.9 Å². The zero-order chi connectivity index (χ0) is 57.0. The number of allylic oxidation sites excluding steroid dienone is 10. The van der Waals surface area contributed by atoms with Gasteiger partial charge in [-0.2, -0.15) is 0 Å². The first-order chi connectivity index (χ1) is 38.0. The van der Waals surface area contributed by atoms with Crippen LogP contribution in [0.15, 0.2) is 60.8 Å². The van der Waals surface area contributed by atoms with Gasteiger partial charge in [-0.05, 0) is 57.8 Å². The van der Waals surface area contributed by atoms with Gasteiger partial charge in [0, 0.05) is 6.42 Å². The number of rotatable bonds is 62. The van der Waals surface area contributed by atoms with Crippen molar-refractivity contribution in [2.45, 2.75) is 334 Å². The number of carbonyl (C=O) groups is 1. The molecule has 8 nitrogen and oxygen atoms in total. The third-order valence-electron chi connectivity index (χ3n) is 15.3. The number of phosphoric acid groups is 1. The lowest BCUT2D eigenvalue weighted by Crippen LogP contribution is -2.46. The van der Waals surface area contributed by atoms with Gasteiger partial charge in [0.2, 0.25) is 5.91 Å². The highest BCUT2D eigenvalue weighted by Crippen LogP contribution is 2.43. The maximum atomic E-state index is 13.1. The molecule has 0 heterocycles. The molecule has 0 aromatic heterocycles. The Morgan fingerprint density at radius 1 is 0.449 bits per heavy atom. The van der Waals surface area contributed by atoms with E-state index in [1.165, 1.54) is 225 Å². The molecule has 0 spiro atoms. The summed E-state index contributed by atoms with van der Waals surface area (Å²) in [5.74, 6) is -0.141. The molecule has 3 unspecified atom stereocenters. The lowest BCUT2D eigenvalue weighted by molar-refractivity contribution is -0.870. The predicted octanol–water partition coefficient (Wildman–Crippen LogP) is 21.2. The largest absolute Gasteiger partial charge is 0.472 e. The van der Waals surface area contributed by atoms with Crippen molar-refractivity contribution in [1.29, 1.82) is 0 Å². The molecule has 9 heteroatoms. The van der Waals surface area contributed by atoms with Crippen molar-refractivity contribution < 1.29 is 32.9 Å². The lowest BCUT2D eigenvalue weighted by Gasteiger charge is -2.26. The van der Waals surface area contributed by atoms with Crippen molar-refractivity contribution in [3.63, 3.8) is 0 Å². The zero-order valence-electron chi connectivity index (χ0n) is 52.4. The Morgan fingerprint density at radius 2 is 0.769 bits per heavy atom.